The van der Waals surface area contributed by atoms with Crippen LogP contribution >= 0.6 is 23.4 Å². The minimum atomic E-state index is -4.52. The van der Waals surface area contributed by atoms with Crippen molar-refractivity contribution in [3.63, 3.8) is 0 Å². The van der Waals surface area contributed by atoms with Gasteiger partial charge in [-0.1, -0.05) is 35.5 Å². The van der Waals surface area contributed by atoms with Crippen LogP contribution < -0.4 is 5.32 Å². The van der Waals surface area contributed by atoms with Crippen LogP contribution in [0.25, 0.3) is 0 Å². The highest BCUT2D eigenvalue weighted by Crippen LogP contribution is 2.33. The van der Waals surface area contributed by atoms with Crippen molar-refractivity contribution >= 4 is 29.3 Å². The first-order chi connectivity index (χ1) is 12.1. The molecule has 9 heteroatoms. The van der Waals surface area contributed by atoms with Crippen molar-refractivity contribution in [2.75, 3.05) is 5.75 Å². The third-order valence-electron chi connectivity index (χ3n) is 3.52. The SMILES string of the molecule is Cc1cc(CNC(=O)CSc2ncc(C(F)(F)F)cc2Cl)cc(C)c1O. The van der Waals surface area contributed by atoms with Gasteiger partial charge in [0.15, 0.2) is 0 Å². The summed E-state index contributed by atoms with van der Waals surface area (Å²) in [4.78, 5) is 15.6. The average molecular weight is 405 g/mol. The van der Waals surface area contributed by atoms with E-state index in [-0.39, 0.29) is 34.0 Å². The summed E-state index contributed by atoms with van der Waals surface area (Å²) in [5.74, 6) is -0.122. The largest absolute Gasteiger partial charge is 0.507 e. The van der Waals surface area contributed by atoms with Gasteiger partial charge < -0.3 is 10.4 Å². The van der Waals surface area contributed by atoms with Crippen LogP contribution in [0.1, 0.15) is 22.3 Å². The number of carbonyl (C=O) groups is 1. The van der Waals surface area contributed by atoms with Gasteiger partial charge >= 0.3 is 6.18 Å². The van der Waals surface area contributed by atoms with E-state index in [0.717, 1.165) is 23.4 Å². The van der Waals surface area contributed by atoms with E-state index in [4.69, 9.17) is 11.6 Å². The van der Waals surface area contributed by atoms with Crippen molar-refractivity contribution in [1.82, 2.24) is 10.3 Å². The van der Waals surface area contributed by atoms with Gasteiger partial charge in [0.2, 0.25) is 5.91 Å². The monoisotopic (exact) mass is 404 g/mol. The molecule has 0 unspecified atom stereocenters. The summed E-state index contributed by atoms with van der Waals surface area (Å²) in [6.07, 6.45) is -3.83. The van der Waals surface area contributed by atoms with Gasteiger partial charge in [-0.05, 0) is 36.6 Å². The van der Waals surface area contributed by atoms with Gasteiger partial charge in [0, 0.05) is 12.7 Å². The lowest BCUT2D eigenvalue weighted by atomic mass is 10.1. The molecular weight excluding hydrogens is 389 g/mol. The number of aromatic hydroxyl groups is 1. The van der Waals surface area contributed by atoms with E-state index in [9.17, 15) is 23.1 Å². The summed E-state index contributed by atoms with van der Waals surface area (Å²) in [5.41, 5.74) is 1.32. The number of phenols is 1. The molecule has 26 heavy (non-hydrogen) atoms. The number of alkyl halides is 3. The Hall–Kier alpha value is -1.93. The summed E-state index contributed by atoms with van der Waals surface area (Å²) >= 11 is 6.76. The van der Waals surface area contributed by atoms with Gasteiger partial charge in [-0.2, -0.15) is 13.2 Å². The molecule has 0 aliphatic carbocycles. The molecule has 0 atom stereocenters. The maximum Gasteiger partial charge on any atom is 0.417 e. The fourth-order valence-corrected chi connectivity index (χ4v) is 3.24. The third kappa shape index (κ3) is 5.28. The zero-order valence-electron chi connectivity index (χ0n) is 13.9. The molecule has 0 saturated heterocycles. The Morgan fingerprint density at radius 3 is 2.42 bits per heavy atom. The van der Waals surface area contributed by atoms with Gasteiger partial charge in [0.25, 0.3) is 0 Å². The van der Waals surface area contributed by atoms with Crippen LogP contribution in [-0.2, 0) is 17.5 Å². The Morgan fingerprint density at radius 1 is 1.27 bits per heavy atom. The molecule has 0 saturated carbocycles. The fourth-order valence-electron chi connectivity index (χ4n) is 2.22. The third-order valence-corrected chi connectivity index (χ3v) is 4.92. The van der Waals surface area contributed by atoms with Gasteiger partial charge in [-0.3, -0.25) is 4.79 Å². The first-order valence-corrected chi connectivity index (χ1v) is 8.85. The number of amides is 1. The zero-order chi connectivity index (χ0) is 19.5. The zero-order valence-corrected chi connectivity index (χ0v) is 15.5. The Bertz CT molecular complexity index is 805. The van der Waals surface area contributed by atoms with E-state index in [1.54, 1.807) is 26.0 Å². The quantitative estimate of drug-likeness (QED) is 0.721. The lowest BCUT2D eigenvalue weighted by Gasteiger charge is -2.10. The molecule has 0 aliphatic heterocycles. The van der Waals surface area contributed by atoms with Crippen LogP contribution in [0.4, 0.5) is 13.2 Å². The molecule has 0 spiro atoms. The summed E-state index contributed by atoms with van der Waals surface area (Å²) < 4.78 is 37.7. The number of phenolic OH excluding ortho intramolecular Hbond substituents is 1. The molecule has 0 fully saturated rings. The van der Waals surface area contributed by atoms with Crippen LogP contribution in [-0.4, -0.2) is 21.8 Å². The number of pyridine rings is 1. The van der Waals surface area contributed by atoms with E-state index in [0.29, 0.717) is 17.3 Å². The minimum absolute atomic E-state index is 0.0336. The standard InChI is InChI=1S/C17H16ClF3N2O2S/c1-9-3-11(4-10(2)15(9)25)6-22-14(24)8-26-16-13(18)5-12(7-23-16)17(19,20)21/h3-5,7,25H,6,8H2,1-2H3,(H,22,24). The molecule has 2 N–H and O–H groups in total. The highest BCUT2D eigenvalue weighted by Gasteiger charge is 2.31. The summed E-state index contributed by atoms with van der Waals surface area (Å²) in [6, 6.07) is 4.32. The Morgan fingerprint density at radius 2 is 1.88 bits per heavy atom. The van der Waals surface area contributed by atoms with Crippen molar-refractivity contribution in [2.45, 2.75) is 31.6 Å². The predicted octanol–water partition coefficient (Wildman–Crippen LogP) is 4.48. The number of carbonyl (C=O) groups excluding carboxylic acids is 1. The normalized spacial score (nSPS) is 11.5. The predicted molar refractivity (Wildman–Crippen MR) is 94.4 cm³/mol. The average Bonchev–Trinajstić information content (AvgIpc) is 2.55. The molecule has 2 aromatic rings. The van der Waals surface area contributed by atoms with Crippen molar-refractivity contribution in [2.24, 2.45) is 0 Å². The minimum Gasteiger partial charge on any atom is -0.507 e. The van der Waals surface area contributed by atoms with E-state index in [1.165, 1.54) is 0 Å². The molecule has 1 amide bonds. The molecule has 1 aromatic heterocycles. The molecule has 1 heterocycles. The topological polar surface area (TPSA) is 62.2 Å². The van der Waals surface area contributed by atoms with Gasteiger partial charge in [-0.15, -0.1) is 0 Å². The highest BCUT2D eigenvalue weighted by molar-refractivity contribution is 8.00. The number of nitrogens with zero attached hydrogens (tertiary/aromatic N) is 1. The van der Waals surface area contributed by atoms with Gasteiger partial charge in [-0.25, -0.2) is 4.98 Å². The molecule has 4 nitrogen and oxygen atoms in total. The summed E-state index contributed by atoms with van der Waals surface area (Å²) in [6.45, 7) is 3.80. The number of thioether (sulfide) groups is 1. The Balaban J connectivity index is 1.91. The maximum absolute atomic E-state index is 12.6. The molecular formula is C17H16ClF3N2O2S. The smallest absolute Gasteiger partial charge is 0.417 e. The van der Waals surface area contributed by atoms with Gasteiger partial charge in [0.05, 0.1) is 16.3 Å². The molecule has 1 aromatic carbocycles. The fraction of sp³-hybridized carbons (Fsp3) is 0.294. The summed E-state index contributed by atoms with van der Waals surface area (Å²) in [7, 11) is 0. The van der Waals surface area contributed by atoms with E-state index in [2.05, 4.69) is 10.3 Å². The molecule has 0 aliphatic rings. The first kappa shape index (κ1) is 20.4. The second-order valence-corrected chi connectivity index (χ2v) is 7.02. The highest BCUT2D eigenvalue weighted by atomic mass is 35.5. The number of aryl methyl sites for hydroxylation is 2. The number of nitrogens with one attached hydrogen (secondary N) is 1. The van der Waals surface area contributed by atoms with E-state index in [1.807, 2.05) is 0 Å². The second kappa shape index (κ2) is 8.18. The van der Waals surface area contributed by atoms with Gasteiger partial charge in [0.1, 0.15) is 10.8 Å². The number of rotatable bonds is 5. The first-order valence-electron chi connectivity index (χ1n) is 7.49. The summed E-state index contributed by atoms with van der Waals surface area (Å²) in [5, 5.41) is 12.4. The Labute approximate surface area is 157 Å². The lowest BCUT2D eigenvalue weighted by Crippen LogP contribution is -2.24. The number of hydrogen-bond donors (Lipinski definition) is 2. The number of benzene rings is 1. The lowest BCUT2D eigenvalue weighted by molar-refractivity contribution is -0.137. The van der Waals surface area contributed by atoms with Crippen molar-refractivity contribution in [3.05, 3.63) is 51.7 Å². The molecule has 140 valence electrons. The maximum atomic E-state index is 12.6. The number of hydrogen-bond acceptors (Lipinski definition) is 4. The van der Waals surface area contributed by atoms with Crippen LogP contribution in [0.3, 0.4) is 0 Å². The second-order valence-electron chi connectivity index (χ2n) is 5.65. The van der Waals surface area contributed by atoms with E-state index >= 15 is 0 Å². The number of aromatic nitrogens is 1. The van der Waals surface area contributed by atoms with Crippen LogP contribution in [0, 0.1) is 13.8 Å². The van der Waals surface area contributed by atoms with Crippen molar-refractivity contribution < 1.29 is 23.1 Å². The Kier molecular flexibility index (Phi) is 6.41. The van der Waals surface area contributed by atoms with Crippen molar-refractivity contribution in [1.29, 1.82) is 0 Å². The molecule has 0 radical (unpaired) electrons. The molecule has 0 bridgehead atoms. The van der Waals surface area contributed by atoms with Crippen LogP contribution in [0.5, 0.6) is 5.75 Å². The van der Waals surface area contributed by atoms with E-state index < -0.39 is 11.7 Å². The van der Waals surface area contributed by atoms with Crippen LogP contribution in [0.2, 0.25) is 5.02 Å². The van der Waals surface area contributed by atoms with Crippen LogP contribution in [0.15, 0.2) is 29.4 Å². The molecule has 2 rings (SSSR count). The van der Waals surface area contributed by atoms with Crippen molar-refractivity contribution in [3.8, 4) is 5.75 Å². The number of halogens is 4.